The molecule has 0 aliphatic rings. The van der Waals surface area contributed by atoms with Gasteiger partial charge in [-0.2, -0.15) is 0 Å². The molecule has 0 unspecified atom stereocenters. The molecule has 0 saturated carbocycles. The van der Waals surface area contributed by atoms with E-state index in [1.807, 2.05) is 51.1 Å². The predicted octanol–water partition coefficient (Wildman–Crippen LogP) is 5.06. The number of fused-ring (bicyclic) bond motifs is 1. The second kappa shape index (κ2) is 7.04. The zero-order chi connectivity index (χ0) is 19.0. The van der Waals surface area contributed by atoms with Gasteiger partial charge in [-0.25, -0.2) is 4.79 Å². The van der Waals surface area contributed by atoms with Crippen molar-refractivity contribution in [1.82, 2.24) is 10.2 Å². The Labute approximate surface area is 160 Å². The Morgan fingerprint density at radius 2 is 1.67 bits per heavy atom. The number of aromatic nitrogens is 2. The predicted molar refractivity (Wildman–Crippen MR) is 106 cm³/mol. The number of benzene rings is 2. The average molecular weight is 378 g/mol. The monoisotopic (exact) mass is 378 g/mol. The molecule has 0 spiro atoms. The first-order valence-corrected chi connectivity index (χ1v) is 9.55. The van der Waals surface area contributed by atoms with Gasteiger partial charge in [0.15, 0.2) is 0 Å². The molecule has 0 aliphatic carbocycles. The lowest BCUT2D eigenvalue weighted by Gasteiger charge is -2.07. The van der Waals surface area contributed by atoms with Crippen LogP contribution in [0.3, 0.4) is 0 Å². The molecule has 0 bridgehead atoms. The van der Waals surface area contributed by atoms with Crippen LogP contribution >= 0.6 is 11.8 Å². The summed E-state index contributed by atoms with van der Waals surface area (Å²) in [6.07, 6.45) is 0. The minimum absolute atomic E-state index is 0.354. The van der Waals surface area contributed by atoms with Crippen LogP contribution in [-0.4, -0.2) is 10.2 Å². The summed E-state index contributed by atoms with van der Waals surface area (Å²) in [6.45, 7) is 6.08. The van der Waals surface area contributed by atoms with Gasteiger partial charge in [0, 0.05) is 22.8 Å². The van der Waals surface area contributed by atoms with E-state index in [1.165, 1.54) is 23.4 Å². The smallest absolute Gasteiger partial charge is 0.336 e. The van der Waals surface area contributed by atoms with Crippen LogP contribution in [0.25, 0.3) is 22.4 Å². The first-order chi connectivity index (χ1) is 13.0. The number of hydrogen-bond donors (Lipinski definition) is 0. The molecule has 0 aliphatic heterocycles. The van der Waals surface area contributed by atoms with Crippen molar-refractivity contribution in [1.29, 1.82) is 0 Å². The molecule has 27 heavy (non-hydrogen) atoms. The van der Waals surface area contributed by atoms with E-state index in [9.17, 15) is 4.79 Å². The quantitative estimate of drug-likeness (QED) is 0.365. The van der Waals surface area contributed by atoms with Crippen LogP contribution < -0.4 is 5.63 Å². The molecule has 0 saturated heterocycles. The molecule has 0 atom stereocenters. The van der Waals surface area contributed by atoms with Crippen molar-refractivity contribution >= 4 is 22.7 Å². The number of thioether (sulfide) groups is 1. The van der Waals surface area contributed by atoms with Crippen LogP contribution in [0, 0.1) is 20.8 Å². The highest BCUT2D eigenvalue weighted by Crippen LogP contribution is 2.29. The molecule has 0 N–H and O–H groups in total. The summed E-state index contributed by atoms with van der Waals surface area (Å²) in [5.74, 6) is 1.03. The van der Waals surface area contributed by atoms with Gasteiger partial charge >= 0.3 is 5.63 Å². The Balaban J connectivity index is 1.60. The van der Waals surface area contributed by atoms with Gasteiger partial charge < -0.3 is 8.83 Å². The minimum Gasteiger partial charge on any atom is -0.423 e. The zero-order valence-corrected chi connectivity index (χ0v) is 16.1. The maximum absolute atomic E-state index is 11.9. The van der Waals surface area contributed by atoms with E-state index in [-0.39, 0.29) is 5.63 Å². The highest BCUT2D eigenvalue weighted by atomic mass is 32.2. The topological polar surface area (TPSA) is 69.1 Å². The fourth-order valence-electron chi connectivity index (χ4n) is 2.82. The van der Waals surface area contributed by atoms with Gasteiger partial charge in [-0.1, -0.05) is 29.5 Å². The maximum atomic E-state index is 11.9. The summed E-state index contributed by atoms with van der Waals surface area (Å²) in [5.41, 5.74) is 5.45. The molecule has 2 aromatic carbocycles. The lowest BCUT2D eigenvalue weighted by molar-refractivity contribution is 0.466. The van der Waals surface area contributed by atoms with E-state index in [0.29, 0.717) is 22.4 Å². The van der Waals surface area contributed by atoms with Crippen LogP contribution in [-0.2, 0) is 5.75 Å². The van der Waals surface area contributed by atoms with Gasteiger partial charge in [-0.15, -0.1) is 10.2 Å². The van der Waals surface area contributed by atoms with Crippen molar-refractivity contribution in [2.45, 2.75) is 31.7 Å². The van der Waals surface area contributed by atoms with Crippen molar-refractivity contribution in [3.8, 4) is 11.5 Å². The molecule has 0 radical (unpaired) electrons. The second-order valence-electron chi connectivity index (χ2n) is 6.55. The summed E-state index contributed by atoms with van der Waals surface area (Å²) in [4.78, 5) is 11.9. The summed E-state index contributed by atoms with van der Waals surface area (Å²) >= 11 is 1.40. The van der Waals surface area contributed by atoms with Crippen molar-refractivity contribution < 1.29 is 8.83 Å². The Kier molecular flexibility index (Phi) is 4.58. The molecule has 4 aromatic rings. The highest BCUT2D eigenvalue weighted by Gasteiger charge is 2.12. The summed E-state index contributed by atoms with van der Waals surface area (Å²) in [5, 5.41) is 9.63. The standard InChI is InChI=1S/C21H18N2O3S/c1-12-4-6-15(7-5-12)20-22-23-21(26-20)27-11-16-10-19(24)25-18-9-14(3)13(2)8-17(16)18/h4-10H,11H2,1-3H3. The van der Waals surface area contributed by atoms with Crippen LogP contribution in [0.1, 0.15) is 22.3 Å². The molecule has 136 valence electrons. The first-order valence-electron chi connectivity index (χ1n) is 8.57. The Morgan fingerprint density at radius 3 is 2.44 bits per heavy atom. The van der Waals surface area contributed by atoms with E-state index in [2.05, 4.69) is 16.3 Å². The maximum Gasteiger partial charge on any atom is 0.336 e. The summed E-state index contributed by atoms with van der Waals surface area (Å²) in [7, 11) is 0. The normalized spacial score (nSPS) is 11.2. The number of hydrogen-bond acceptors (Lipinski definition) is 6. The van der Waals surface area contributed by atoms with E-state index in [4.69, 9.17) is 8.83 Å². The molecule has 5 nitrogen and oxygen atoms in total. The van der Waals surface area contributed by atoms with Crippen molar-refractivity contribution in [3.63, 3.8) is 0 Å². The number of rotatable bonds is 4. The second-order valence-corrected chi connectivity index (χ2v) is 7.48. The minimum atomic E-state index is -0.354. The van der Waals surface area contributed by atoms with Gasteiger partial charge in [0.25, 0.3) is 5.22 Å². The van der Waals surface area contributed by atoms with Crippen LogP contribution in [0.2, 0.25) is 0 Å². The van der Waals surface area contributed by atoms with Crippen molar-refractivity contribution in [2.75, 3.05) is 0 Å². The molecule has 0 amide bonds. The molecule has 0 fully saturated rings. The summed E-state index contributed by atoms with van der Waals surface area (Å²) in [6, 6.07) is 13.4. The van der Waals surface area contributed by atoms with Crippen LogP contribution in [0.15, 0.2) is 61.3 Å². The van der Waals surface area contributed by atoms with E-state index in [1.54, 1.807) is 0 Å². The summed E-state index contributed by atoms with van der Waals surface area (Å²) < 4.78 is 11.1. The number of nitrogens with zero attached hydrogens (tertiary/aromatic N) is 2. The van der Waals surface area contributed by atoms with Crippen molar-refractivity contribution in [3.05, 3.63) is 75.1 Å². The molecular formula is C21H18N2O3S. The Hall–Kier alpha value is -2.86. The fourth-order valence-corrected chi connectivity index (χ4v) is 3.58. The van der Waals surface area contributed by atoms with Crippen molar-refractivity contribution in [2.24, 2.45) is 0 Å². The third-order valence-corrected chi connectivity index (χ3v) is 5.37. The highest BCUT2D eigenvalue weighted by molar-refractivity contribution is 7.98. The van der Waals surface area contributed by atoms with Crippen LogP contribution in [0.5, 0.6) is 0 Å². The van der Waals surface area contributed by atoms with Gasteiger partial charge in [-0.05, 0) is 61.7 Å². The molecule has 2 aromatic heterocycles. The molecule has 2 heterocycles. The molecular weight excluding hydrogens is 360 g/mol. The van der Waals surface area contributed by atoms with Gasteiger partial charge in [-0.3, -0.25) is 0 Å². The Bertz CT molecular complexity index is 1180. The third-order valence-electron chi connectivity index (χ3n) is 4.50. The van der Waals surface area contributed by atoms with E-state index >= 15 is 0 Å². The van der Waals surface area contributed by atoms with Gasteiger partial charge in [0.05, 0.1) is 0 Å². The van der Waals surface area contributed by atoms with E-state index in [0.717, 1.165) is 27.6 Å². The van der Waals surface area contributed by atoms with Gasteiger partial charge in [0.1, 0.15) is 5.58 Å². The SMILES string of the molecule is Cc1ccc(-c2nnc(SCc3cc(=O)oc4cc(C)c(C)cc34)o2)cc1. The molecule has 4 rings (SSSR count). The molecule has 6 heteroatoms. The first kappa shape index (κ1) is 17.5. The Morgan fingerprint density at radius 1 is 0.926 bits per heavy atom. The number of aryl methyl sites for hydroxylation is 3. The van der Waals surface area contributed by atoms with Crippen LogP contribution in [0.4, 0.5) is 0 Å². The lowest BCUT2D eigenvalue weighted by atomic mass is 10.0. The third kappa shape index (κ3) is 3.66. The van der Waals surface area contributed by atoms with Gasteiger partial charge in [0.2, 0.25) is 5.89 Å². The zero-order valence-electron chi connectivity index (χ0n) is 15.3. The lowest BCUT2D eigenvalue weighted by Crippen LogP contribution is -2.00. The van der Waals surface area contributed by atoms with E-state index < -0.39 is 0 Å². The largest absolute Gasteiger partial charge is 0.423 e. The fraction of sp³-hybridized carbons (Fsp3) is 0.190. The average Bonchev–Trinajstić information content (AvgIpc) is 3.11.